The van der Waals surface area contributed by atoms with Crippen molar-refractivity contribution in [3.05, 3.63) is 0 Å². The molecule has 82 valence electrons. The molecule has 14 heavy (non-hydrogen) atoms. The van der Waals surface area contributed by atoms with E-state index in [0.29, 0.717) is 0 Å². The predicted octanol–water partition coefficient (Wildman–Crippen LogP) is 3.54. The molecule has 2 aliphatic rings. The van der Waals surface area contributed by atoms with Gasteiger partial charge in [0.05, 0.1) is 6.61 Å². The van der Waals surface area contributed by atoms with E-state index < -0.39 is 0 Å². The van der Waals surface area contributed by atoms with Gasteiger partial charge in [0, 0.05) is 5.75 Å². The molecular formula is C12H22OS. The van der Waals surface area contributed by atoms with E-state index >= 15 is 0 Å². The minimum Gasteiger partial charge on any atom is -0.363 e. The van der Waals surface area contributed by atoms with Crippen molar-refractivity contribution >= 4 is 11.8 Å². The highest BCUT2D eigenvalue weighted by atomic mass is 32.2. The van der Waals surface area contributed by atoms with Crippen LogP contribution in [0.5, 0.6) is 0 Å². The fourth-order valence-corrected chi connectivity index (χ4v) is 4.75. The van der Waals surface area contributed by atoms with Crippen molar-refractivity contribution in [3.8, 4) is 0 Å². The summed E-state index contributed by atoms with van der Waals surface area (Å²) in [4.78, 5) is 0.200. The summed E-state index contributed by atoms with van der Waals surface area (Å²) in [7, 11) is 0. The largest absolute Gasteiger partial charge is 0.363 e. The van der Waals surface area contributed by atoms with E-state index in [-0.39, 0.29) is 4.93 Å². The third kappa shape index (κ3) is 1.83. The Kier molecular flexibility index (Phi) is 3.13. The molecule has 1 nitrogen and oxygen atoms in total. The van der Waals surface area contributed by atoms with Crippen molar-refractivity contribution in [1.29, 1.82) is 0 Å². The molecule has 1 aliphatic heterocycles. The van der Waals surface area contributed by atoms with Crippen LogP contribution in [0.2, 0.25) is 0 Å². The normalized spacial score (nSPS) is 43.7. The highest BCUT2D eigenvalue weighted by molar-refractivity contribution is 8.00. The smallest absolute Gasteiger partial charge is 0.117 e. The maximum atomic E-state index is 6.09. The third-order valence-corrected chi connectivity index (χ3v) is 5.20. The van der Waals surface area contributed by atoms with Gasteiger partial charge in [-0.05, 0) is 30.6 Å². The van der Waals surface area contributed by atoms with Crippen molar-refractivity contribution in [2.24, 2.45) is 17.8 Å². The fourth-order valence-electron chi connectivity index (χ4n) is 3.07. The van der Waals surface area contributed by atoms with E-state index in [1.54, 1.807) is 0 Å². The average molecular weight is 214 g/mol. The zero-order chi connectivity index (χ0) is 10.2. The Morgan fingerprint density at radius 3 is 2.71 bits per heavy atom. The zero-order valence-electron chi connectivity index (χ0n) is 9.58. The summed E-state index contributed by atoms with van der Waals surface area (Å²) in [6.07, 6.45) is 4.04. The van der Waals surface area contributed by atoms with Crippen LogP contribution in [-0.4, -0.2) is 17.3 Å². The van der Waals surface area contributed by atoms with Crippen LogP contribution in [0.15, 0.2) is 0 Å². The monoisotopic (exact) mass is 214 g/mol. The molecule has 0 bridgehead atoms. The molecule has 3 unspecified atom stereocenters. The molecule has 0 aromatic carbocycles. The molecule has 1 heterocycles. The molecule has 2 heteroatoms. The van der Waals surface area contributed by atoms with Gasteiger partial charge in [0.15, 0.2) is 0 Å². The van der Waals surface area contributed by atoms with Crippen LogP contribution in [-0.2, 0) is 4.74 Å². The number of rotatable bonds is 1. The lowest BCUT2D eigenvalue weighted by Gasteiger charge is -2.44. The first-order valence-corrected chi connectivity index (χ1v) is 6.90. The summed E-state index contributed by atoms with van der Waals surface area (Å²) < 4.78 is 6.09. The lowest BCUT2D eigenvalue weighted by atomic mass is 9.75. The molecule has 0 aromatic rings. The third-order valence-electron chi connectivity index (χ3n) is 3.75. The summed E-state index contributed by atoms with van der Waals surface area (Å²) in [5, 5.41) is 0. The molecular weight excluding hydrogens is 192 g/mol. The summed E-state index contributed by atoms with van der Waals surface area (Å²) in [5.41, 5.74) is 0. The predicted molar refractivity (Wildman–Crippen MR) is 62.5 cm³/mol. The molecule has 1 saturated heterocycles. The van der Waals surface area contributed by atoms with Crippen LogP contribution in [0.1, 0.15) is 40.0 Å². The van der Waals surface area contributed by atoms with Gasteiger partial charge in [-0.25, -0.2) is 0 Å². The van der Waals surface area contributed by atoms with Gasteiger partial charge in [-0.15, -0.1) is 11.8 Å². The van der Waals surface area contributed by atoms with Gasteiger partial charge in [0.25, 0.3) is 0 Å². The Morgan fingerprint density at radius 1 is 1.36 bits per heavy atom. The SMILES string of the molecule is CC1CCC(C(C)C)C2(C1)OCCS2. The molecule has 2 fully saturated rings. The van der Waals surface area contributed by atoms with Crippen molar-refractivity contribution in [1.82, 2.24) is 0 Å². The second-order valence-electron chi connectivity index (χ2n) is 5.25. The van der Waals surface area contributed by atoms with E-state index in [9.17, 15) is 0 Å². The first-order chi connectivity index (χ1) is 6.64. The van der Waals surface area contributed by atoms with Gasteiger partial charge in [0.1, 0.15) is 4.93 Å². The van der Waals surface area contributed by atoms with E-state index in [2.05, 4.69) is 32.5 Å². The summed E-state index contributed by atoms with van der Waals surface area (Å²) in [5.74, 6) is 3.62. The van der Waals surface area contributed by atoms with Crippen molar-refractivity contribution in [2.45, 2.75) is 45.0 Å². The van der Waals surface area contributed by atoms with E-state index in [1.165, 1.54) is 25.0 Å². The van der Waals surface area contributed by atoms with Gasteiger partial charge in [0.2, 0.25) is 0 Å². The quantitative estimate of drug-likeness (QED) is 0.660. The van der Waals surface area contributed by atoms with Gasteiger partial charge >= 0.3 is 0 Å². The number of thioether (sulfide) groups is 1. The van der Waals surface area contributed by atoms with Crippen LogP contribution in [0.4, 0.5) is 0 Å². The van der Waals surface area contributed by atoms with Crippen molar-refractivity contribution < 1.29 is 4.74 Å². The minimum atomic E-state index is 0.200. The van der Waals surface area contributed by atoms with Crippen molar-refractivity contribution in [2.75, 3.05) is 12.4 Å². The van der Waals surface area contributed by atoms with Crippen LogP contribution < -0.4 is 0 Å². The second-order valence-corrected chi connectivity index (χ2v) is 6.63. The Bertz CT molecular complexity index is 196. The van der Waals surface area contributed by atoms with Gasteiger partial charge in [-0.1, -0.05) is 27.2 Å². The second kappa shape index (κ2) is 4.05. The Labute approximate surface area is 92.0 Å². The van der Waals surface area contributed by atoms with Crippen LogP contribution in [0.25, 0.3) is 0 Å². The first kappa shape index (κ1) is 10.8. The standard InChI is InChI=1S/C12H22OS/c1-9(2)11-5-4-10(3)8-12(11)13-6-7-14-12/h9-11H,4-8H2,1-3H3. The van der Waals surface area contributed by atoms with Gasteiger partial charge in [-0.2, -0.15) is 0 Å². The fraction of sp³-hybridized carbons (Fsp3) is 1.00. The first-order valence-electron chi connectivity index (χ1n) is 5.92. The van der Waals surface area contributed by atoms with Gasteiger partial charge in [-0.3, -0.25) is 0 Å². The van der Waals surface area contributed by atoms with Crippen LogP contribution >= 0.6 is 11.8 Å². The summed E-state index contributed by atoms with van der Waals surface area (Å²) in [6.45, 7) is 8.05. The molecule has 0 radical (unpaired) electrons. The molecule has 3 atom stereocenters. The number of hydrogen-bond donors (Lipinski definition) is 0. The molecule has 1 aliphatic carbocycles. The molecule has 0 aromatic heterocycles. The topological polar surface area (TPSA) is 9.23 Å². The average Bonchev–Trinajstić information content (AvgIpc) is 2.52. The summed E-state index contributed by atoms with van der Waals surface area (Å²) in [6, 6.07) is 0. The van der Waals surface area contributed by atoms with Crippen LogP contribution in [0.3, 0.4) is 0 Å². The van der Waals surface area contributed by atoms with E-state index in [0.717, 1.165) is 24.4 Å². The highest BCUT2D eigenvalue weighted by Gasteiger charge is 2.47. The summed E-state index contributed by atoms with van der Waals surface area (Å²) >= 11 is 2.08. The maximum absolute atomic E-state index is 6.09. The Morgan fingerprint density at radius 2 is 2.14 bits per heavy atom. The molecule has 0 amide bonds. The van der Waals surface area contributed by atoms with Crippen LogP contribution in [0, 0.1) is 17.8 Å². The molecule has 0 N–H and O–H groups in total. The van der Waals surface area contributed by atoms with E-state index in [4.69, 9.17) is 4.74 Å². The zero-order valence-corrected chi connectivity index (χ0v) is 10.4. The Hall–Kier alpha value is 0.310. The number of ether oxygens (including phenoxy) is 1. The molecule has 1 spiro atoms. The highest BCUT2D eigenvalue weighted by Crippen LogP contribution is 2.52. The minimum absolute atomic E-state index is 0.200. The Balaban J connectivity index is 2.14. The lowest BCUT2D eigenvalue weighted by molar-refractivity contribution is -0.0479. The lowest BCUT2D eigenvalue weighted by Crippen LogP contribution is -2.42. The van der Waals surface area contributed by atoms with E-state index in [1.807, 2.05) is 0 Å². The maximum Gasteiger partial charge on any atom is 0.117 e. The number of hydrogen-bond acceptors (Lipinski definition) is 2. The molecule has 1 saturated carbocycles. The van der Waals surface area contributed by atoms with Gasteiger partial charge < -0.3 is 4.74 Å². The van der Waals surface area contributed by atoms with Crippen molar-refractivity contribution in [3.63, 3.8) is 0 Å². The molecule has 2 rings (SSSR count).